The van der Waals surface area contributed by atoms with Crippen LogP contribution in [0.1, 0.15) is 26.0 Å². The number of nitrogens with zero attached hydrogens (tertiary/aromatic N) is 6. The lowest BCUT2D eigenvalue weighted by atomic mass is 10.2. The second-order valence-electron chi connectivity index (χ2n) is 6.17. The molecule has 0 radical (unpaired) electrons. The van der Waals surface area contributed by atoms with Gasteiger partial charge in [0.1, 0.15) is 5.82 Å². The second kappa shape index (κ2) is 7.42. The summed E-state index contributed by atoms with van der Waals surface area (Å²) in [4.78, 5) is 22.4. The van der Waals surface area contributed by atoms with Gasteiger partial charge in [0.2, 0.25) is 11.9 Å². The number of aromatic nitrogens is 4. The predicted molar refractivity (Wildman–Crippen MR) is 96.6 cm³/mol. The first-order valence-electron chi connectivity index (χ1n) is 8.55. The fourth-order valence-electron chi connectivity index (χ4n) is 2.68. The quantitative estimate of drug-likeness (QED) is 0.902. The van der Waals surface area contributed by atoms with E-state index in [-0.39, 0.29) is 0 Å². The van der Waals surface area contributed by atoms with Crippen LogP contribution in [-0.2, 0) is 0 Å². The molecular formula is C17H25N7. The van der Waals surface area contributed by atoms with Crippen molar-refractivity contribution in [3.8, 4) is 0 Å². The van der Waals surface area contributed by atoms with Crippen LogP contribution < -0.4 is 15.1 Å². The monoisotopic (exact) mass is 327 g/mol. The van der Waals surface area contributed by atoms with Gasteiger partial charge in [-0.3, -0.25) is 0 Å². The van der Waals surface area contributed by atoms with Gasteiger partial charge in [0.05, 0.1) is 0 Å². The van der Waals surface area contributed by atoms with Crippen LogP contribution in [0.4, 0.5) is 17.7 Å². The Balaban J connectivity index is 1.67. The zero-order valence-electron chi connectivity index (χ0n) is 14.6. The summed E-state index contributed by atoms with van der Waals surface area (Å²) in [6.07, 6.45) is 4.63. The number of rotatable bonds is 5. The third-order valence-corrected chi connectivity index (χ3v) is 4.25. The molecule has 24 heavy (non-hydrogen) atoms. The van der Waals surface area contributed by atoms with Gasteiger partial charge in [-0.25, -0.2) is 15.0 Å². The van der Waals surface area contributed by atoms with E-state index in [1.165, 1.54) is 0 Å². The summed E-state index contributed by atoms with van der Waals surface area (Å²) in [6, 6.07) is 4.25. The Morgan fingerprint density at radius 1 is 1.04 bits per heavy atom. The van der Waals surface area contributed by atoms with E-state index in [4.69, 9.17) is 4.98 Å². The SMILES string of the molecule is CCC(C)Nc1cc(C)nc(N2CCN(c3ncccn3)CC2)n1. The topological polar surface area (TPSA) is 70.1 Å². The molecule has 1 N–H and O–H groups in total. The summed E-state index contributed by atoms with van der Waals surface area (Å²) < 4.78 is 0. The minimum Gasteiger partial charge on any atom is -0.367 e. The first-order chi connectivity index (χ1) is 11.7. The van der Waals surface area contributed by atoms with Crippen molar-refractivity contribution in [2.45, 2.75) is 33.2 Å². The molecule has 2 aromatic rings. The Kier molecular flexibility index (Phi) is 5.08. The summed E-state index contributed by atoms with van der Waals surface area (Å²) in [7, 11) is 0. The fraction of sp³-hybridized carbons (Fsp3) is 0.529. The summed E-state index contributed by atoms with van der Waals surface area (Å²) in [6.45, 7) is 9.81. The Bertz CT molecular complexity index is 653. The van der Waals surface area contributed by atoms with Crippen LogP contribution in [0.2, 0.25) is 0 Å². The van der Waals surface area contributed by atoms with Crippen LogP contribution in [0.3, 0.4) is 0 Å². The van der Waals surface area contributed by atoms with E-state index in [0.717, 1.165) is 56.0 Å². The summed E-state index contributed by atoms with van der Waals surface area (Å²) >= 11 is 0. The highest BCUT2D eigenvalue weighted by Gasteiger charge is 2.21. The van der Waals surface area contributed by atoms with E-state index >= 15 is 0 Å². The van der Waals surface area contributed by atoms with Crippen LogP contribution in [0.25, 0.3) is 0 Å². The number of aryl methyl sites for hydroxylation is 1. The molecule has 128 valence electrons. The van der Waals surface area contributed by atoms with Crippen molar-refractivity contribution in [2.75, 3.05) is 41.3 Å². The van der Waals surface area contributed by atoms with E-state index < -0.39 is 0 Å². The van der Waals surface area contributed by atoms with Crippen LogP contribution in [0, 0.1) is 6.92 Å². The number of piperazine rings is 1. The van der Waals surface area contributed by atoms with E-state index in [0.29, 0.717) is 6.04 Å². The molecule has 3 heterocycles. The summed E-state index contributed by atoms with van der Waals surface area (Å²) in [5.74, 6) is 2.50. The number of hydrogen-bond acceptors (Lipinski definition) is 7. The fourth-order valence-corrected chi connectivity index (χ4v) is 2.68. The molecule has 0 spiro atoms. The van der Waals surface area contributed by atoms with Crippen LogP contribution in [0.5, 0.6) is 0 Å². The van der Waals surface area contributed by atoms with Gasteiger partial charge in [-0.05, 0) is 26.3 Å². The maximum Gasteiger partial charge on any atom is 0.227 e. The second-order valence-corrected chi connectivity index (χ2v) is 6.17. The van der Waals surface area contributed by atoms with Gasteiger partial charge in [-0.1, -0.05) is 6.92 Å². The van der Waals surface area contributed by atoms with Crippen molar-refractivity contribution < 1.29 is 0 Å². The molecule has 1 atom stereocenters. The molecular weight excluding hydrogens is 302 g/mol. The first kappa shape index (κ1) is 16.4. The average molecular weight is 327 g/mol. The lowest BCUT2D eigenvalue weighted by Gasteiger charge is -2.34. The number of hydrogen-bond donors (Lipinski definition) is 1. The Morgan fingerprint density at radius 3 is 2.29 bits per heavy atom. The van der Waals surface area contributed by atoms with Crippen molar-refractivity contribution in [1.82, 2.24) is 19.9 Å². The van der Waals surface area contributed by atoms with Crippen molar-refractivity contribution >= 4 is 17.7 Å². The molecule has 7 nitrogen and oxygen atoms in total. The van der Waals surface area contributed by atoms with Crippen molar-refractivity contribution in [3.63, 3.8) is 0 Å². The van der Waals surface area contributed by atoms with Crippen molar-refractivity contribution in [2.24, 2.45) is 0 Å². The molecule has 1 saturated heterocycles. The van der Waals surface area contributed by atoms with Gasteiger partial charge in [0.15, 0.2) is 0 Å². The Labute approximate surface area is 143 Å². The lowest BCUT2D eigenvalue weighted by Crippen LogP contribution is -2.47. The highest BCUT2D eigenvalue weighted by atomic mass is 15.4. The molecule has 2 aromatic heterocycles. The van der Waals surface area contributed by atoms with Crippen LogP contribution >= 0.6 is 0 Å². The molecule has 0 bridgehead atoms. The Morgan fingerprint density at radius 2 is 1.67 bits per heavy atom. The molecule has 0 amide bonds. The van der Waals surface area contributed by atoms with Gasteiger partial charge in [0.25, 0.3) is 0 Å². The van der Waals surface area contributed by atoms with Crippen molar-refractivity contribution in [3.05, 3.63) is 30.2 Å². The standard InChI is InChI=1S/C17H25N7/c1-4-13(2)20-15-12-14(3)21-17(22-15)24-10-8-23(9-11-24)16-18-6-5-7-19-16/h5-7,12-13H,4,8-11H2,1-3H3,(H,20,21,22). The van der Waals surface area contributed by atoms with Gasteiger partial charge < -0.3 is 15.1 Å². The third-order valence-electron chi connectivity index (χ3n) is 4.25. The Hall–Kier alpha value is -2.44. The third kappa shape index (κ3) is 3.90. The summed E-state index contributed by atoms with van der Waals surface area (Å²) in [5.41, 5.74) is 0.986. The van der Waals surface area contributed by atoms with Gasteiger partial charge >= 0.3 is 0 Å². The largest absolute Gasteiger partial charge is 0.367 e. The molecule has 3 rings (SSSR count). The smallest absolute Gasteiger partial charge is 0.227 e. The number of nitrogens with one attached hydrogen (secondary N) is 1. The van der Waals surface area contributed by atoms with Gasteiger partial charge in [-0.2, -0.15) is 4.98 Å². The molecule has 1 aliphatic heterocycles. The van der Waals surface area contributed by atoms with E-state index in [9.17, 15) is 0 Å². The van der Waals surface area contributed by atoms with E-state index in [1.54, 1.807) is 12.4 Å². The molecule has 0 saturated carbocycles. The highest BCUT2D eigenvalue weighted by Crippen LogP contribution is 2.18. The molecule has 1 unspecified atom stereocenters. The summed E-state index contributed by atoms with van der Waals surface area (Å²) in [5, 5.41) is 3.44. The zero-order chi connectivity index (χ0) is 16.9. The molecule has 1 aliphatic rings. The maximum absolute atomic E-state index is 4.70. The van der Waals surface area contributed by atoms with E-state index in [2.05, 4.69) is 43.9 Å². The number of anilines is 3. The average Bonchev–Trinajstić information content (AvgIpc) is 2.62. The first-order valence-corrected chi connectivity index (χ1v) is 8.55. The van der Waals surface area contributed by atoms with E-state index in [1.807, 2.05) is 19.1 Å². The predicted octanol–water partition coefficient (Wildman–Crippen LogP) is 2.11. The van der Waals surface area contributed by atoms with Gasteiger partial charge in [0, 0.05) is 56.4 Å². The zero-order valence-corrected chi connectivity index (χ0v) is 14.6. The minimum absolute atomic E-state index is 0.402. The van der Waals surface area contributed by atoms with Crippen molar-refractivity contribution in [1.29, 1.82) is 0 Å². The maximum atomic E-state index is 4.70. The normalized spacial score (nSPS) is 16.1. The molecule has 0 aliphatic carbocycles. The molecule has 0 aromatic carbocycles. The lowest BCUT2D eigenvalue weighted by molar-refractivity contribution is 0.627. The van der Waals surface area contributed by atoms with Gasteiger partial charge in [-0.15, -0.1) is 0 Å². The minimum atomic E-state index is 0.402. The molecule has 1 fully saturated rings. The van der Waals surface area contributed by atoms with Crippen LogP contribution in [-0.4, -0.2) is 52.2 Å². The highest BCUT2D eigenvalue weighted by molar-refractivity contribution is 5.45. The molecule has 7 heteroatoms. The van der Waals surface area contributed by atoms with Crippen LogP contribution in [0.15, 0.2) is 24.5 Å².